The van der Waals surface area contributed by atoms with E-state index in [9.17, 15) is 9.90 Å². The Morgan fingerprint density at radius 1 is 1.09 bits per heavy atom. The van der Waals surface area contributed by atoms with Crippen LogP contribution in [0.5, 0.6) is 0 Å². The van der Waals surface area contributed by atoms with Gasteiger partial charge in [-0.1, -0.05) is 47.5 Å². The number of benzene rings is 1. The van der Waals surface area contributed by atoms with Crippen molar-refractivity contribution in [3.05, 3.63) is 32.9 Å². The maximum atomic E-state index is 11.3. The van der Waals surface area contributed by atoms with Gasteiger partial charge in [0.2, 0.25) is 0 Å². The second-order valence-electron chi connectivity index (χ2n) is 6.65. The van der Waals surface area contributed by atoms with E-state index in [0.29, 0.717) is 22.2 Å². The molecule has 1 rings (SSSR count). The third-order valence-corrected chi connectivity index (χ3v) is 11.7. The van der Waals surface area contributed by atoms with Crippen molar-refractivity contribution in [2.24, 2.45) is 0 Å². The Hall–Kier alpha value is -0.803. The van der Waals surface area contributed by atoms with Crippen molar-refractivity contribution >= 4 is 36.6 Å². The minimum atomic E-state index is -1.78. The number of halogens is 1. The molecule has 0 saturated carbocycles. The number of carboxylic acids is 1. The van der Waals surface area contributed by atoms with Crippen LogP contribution in [0.1, 0.15) is 57.5 Å². The van der Waals surface area contributed by atoms with Crippen molar-refractivity contribution in [2.75, 3.05) is 0 Å². The molecule has 0 radical (unpaired) electrons. The van der Waals surface area contributed by atoms with Gasteiger partial charge in [0.25, 0.3) is 0 Å². The quantitative estimate of drug-likeness (QED) is 0.387. The fourth-order valence-electron chi connectivity index (χ4n) is 3.38. The van der Waals surface area contributed by atoms with Crippen LogP contribution in [-0.4, -0.2) is 19.1 Å². The summed E-state index contributed by atoms with van der Waals surface area (Å²) in [5, 5.41) is 9.24. The molecule has 0 aliphatic carbocycles. The average molecular weight is 428 g/mol. The Morgan fingerprint density at radius 3 is 2.00 bits per heavy atom. The van der Waals surface area contributed by atoms with Crippen LogP contribution in [0.15, 0.2) is 18.2 Å². The van der Waals surface area contributed by atoms with Crippen molar-refractivity contribution in [3.8, 4) is 11.5 Å². The monoisotopic (exact) mass is 428 g/mol. The molecule has 1 N–H and O–H groups in total. The molecule has 0 bridgehead atoms. The summed E-state index contributed by atoms with van der Waals surface area (Å²) in [5.74, 6) is 2.40. The lowest BCUT2D eigenvalue weighted by molar-refractivity contribution is 0.0695. The lowest BCUT2D eigenvalue weighted by atomic mass is 10.1. The SMILES string of the molecule is CC(C)[Si](C#Cc1ccc(I)c(C(=O)O)c1)(C(C)C)C(C)C. The standard InChI is InChI=1S/C18H25IO2Si/c1-12(2)22(13(3)4,14(5)6)10-9-15-7-8-17(19)16(11-15)18(20)21/h7-8,11-14H,1-6H3,(H,20,21). The van der Waals surface area contributed by atoms with E-state index in [0.717, 1.165) is 9.13 Å². The van der Waals surface area contributed by atoms with Crippen LogP contribution in [0, 0.1) is 15.0 Å². The topological polar surface area (TPSA) is 37.3 Å². The predicted octanol–water partition coefficient (Wildman–Crippen LogP) is 5.56. The van der Waals surface area contributed by atoms with Gasteiger partial charge >= 0.3 is 5.97 Å². The minimum absolute atomic E-state index is 0.332. The molecular formula is C18H25IO2Si. The fourth-order valence-corrected chi connectivity index (χ4v) is 9.17. The van der Waals surface area contributed by atoms with E-state index >= 15 is 0 Å². The highest BCUT2D eigenvalue weighted by molar-refractivity contribution is 14.1. The van der Waals surface area contributed by atoms with Crippen LogP contribution in [0.3, 0.4) is 0 Å². The zero-order valence-electron chi connectivity index (χ0n) is 14.2. The highest BCUT2D eigenvalue weighted by Gasteiger charge is 2.41. The normalized spacial score (nSPS) is 11.7. The van der Waals surface area contributed by atoms with E-state index in [1.165, 1.54) is 0 Å². The fraction of sp³-hybridized carbons (Fsp3) is 0.500. The smallest absolute Gasteiger partial charge is 0.336 e. The summed E-state index contributed by atoms with van der Waals surface area (Å²) >= 11 is 2.05. The van der Waals surface area contributed by atoms with Crippen molar-refractivity contribution < 1.29 is 9.90 Å². The molecule has 0 unspecified atom stereocenters. The Morgan fingerprint density at radius 2 is 1.59 bits per heavy atom. The molecule has 22 heavy (non-hydrogen) atoms. The van der Waals surface area contributed by atoms with Crippen LogP contribution in [-0.2, 0) is 0 Å². The van der Waals surface area contributed by atoms with E-state index in [-0.39, 0.29) is 0 Å². The highest BCUT2D eigenvalue weighted by Crippen LogP contribution is 2.40. The molecule has 4 heteroatoms. The molecule has 0 aromatic heterocycles. The second kappa shape index (κ2) is 7.65. The first-order chi connectivity index (χ1) is 10.1. The summed E-state index contributed by atoms with van der Waals surface area (Å²) in [5.41, 5.74) is 6.48. The van der Waals surface area contributed by atoms with E-state index in [1.807, 2.05) is 34.7 Å². The third-order valence-electron chi connectivity index (χ3n) is 4.49. The van der Waals surface area contributed by atoms with Gasteiger partial charge in [-0.3, -0.25) is 0 Å². The maximum Gasteiger partial charge on any atom is 0.336 e. The molecule has 0 fully saturated rings. The molecule has 0 atom stereocenters. The largest absolute Gasteiger partial charge is 0.478 e. The molecule has 0 spiro atoms. The lowest BCUT2D eigenvalue weighted by Crippen LogP contribution is -2.43. The van der Waals surface area contributed by atoms with E-state index in [2.05, 4.69) is 53.0 Å². The molecule has 0 amide bonds. The van der Waals surface area contributed by atoms with Gasteiger partial charge in [0.15, 0.2) is 0 Å². The van der Waals surface area contributed by atoms with Gasteiger partial charge in [-0.2, -0.15) is 0 Å². The molecule has 0 heterocycles. The minimum Gasteiger partial charge on any atom is -0.478 e. The van der Waals surface area contributed by atoms with Gasteiger partial charge in [0, 0.05) is 9.13 Å². The lowest BCUT2D eigenvalue weighted by Gasteiger charge is -2.38. The molecule has 1 aromatic rings. The van der Waals surface area contributed by atoms with Gasteiger partial charge in [-0.15, -0.1) is 5.54 Å². The van der Waals surface area contributed by atoms with Crippen LogP contribution in [0.25, 0.3) is 0 Å². The van der Waals surface area contributed by atoms with Crippen LogP contribution >= 0.6 is 22.6 Å². The first kappa shape index (κ1) is 19.2. The maximum absolute atomic E-state index is 11.3. The number of hydrogen-bond donors (Lipinski definition) is 1. The summed E-state index contributed by atoms with van der Waals surface area (Å²) in [7, 11) is -1.78. The second-order valence-corrected chi connectivity index (χ2v) is 13.4. The van der Waals surface area contributed by atoms with Crippen molar-refractivity contribution in [3.63, 3.8) is 0 Å². The zero-order chi connectivity index (χ0) is 17.1. The van der Waals surface area contributed by atoms with Gasteiger partial charge in [-0.25, -0.2) is 4.79 Å². The van der Waals surface area contributed by atoms with Crippen LogP contribution in [0.2, 0.25) is 16.6 Å². The molecule has 0 aliphatic heterocycles. The highest BCUT2D eigenvalue weighted by atomic mass is 127. The van der Waals surface area contributed by atoms with Crippen molar-refractivity contribution in [1.29, 1.82) is 0 Å². The first-order valence-electron chi connectivity index (χ1n) is 7.68. The third kappa shape index (κ3) is 3.93. The van der Waals surface area contributed by atoms with Gasteiger partial charge < -0.3 is 5.11 Å². The van der Waals surface area contributed by atoms with E-state index in [1.54, 1.807) is 6.07 Å². The zero-order valence-corrected chi connectivity index (χ0v) is 17.4. The molecule has 120 valence electrons. The number of carboxylic acid groups (broad SMARTS) is 1. The number of rotatable bonds is 4. The Kier molecular flexibility index (Phi) is 6.69. The number of aromatic carboxylic acids is 1. The van der Waals surface area contributed by atoms with Crippen molar-refractivity contribution in [2.45, 2.75) is 58.2 Å². The van der Waals surface area contributed by atoms with E-state index < -0.39 is 14.0 Å². The Bertz CT molecular complexity index is 587. The molecule has 0 aliphatic rings. The molecule has 2 nitrogen and oxygen atoms in total. The first-order valence-corrected chi connectivity index (χ1v) is 11.0. The van der Waals surface area contributed by atoms with Crippen molar-refractivity contribution in [1.82, 2.24) is 0 Å². The Balaban J connectivity index is 3.36. The number of hydrogen-bond acceptors (Lipinski definition) is 1. The summed E-state index contributed by atoms with van der Waals surface area (Å²) in [6, 6.07) is 5.44. The Labute approximate surface area is 148 Å². The van der Waals surface area contributed by atoms with E-state index in [4.69, 9.17) is 0 Å². The van der Waals surface area contributed by atoms with Crippen LogP contribution < -0.4 is 0 Å². The average Bonchev–Trinajstić information content (AvgIpc) is 2.39. The van der Waals surface area contributed by atoms with Gasteiger partial charge in [-0.05, 0) is 57.4 Å². The summed E-state index contributed by atoms with van der Waals surface area (Å²) in [6.45, 7) is 13.7. The van der Waals surface area contributed by atoms with Gasteiger partial charge in [0.1, 0.15) is 8.07 Å². The summed E-state index contributed by atoms with van der Waals surface area (Å²) < 4.78 is 0.746. The molecule has 0 saturated heterocycles. The molecular weight excluding hydrogens is 403 g/mol. The molecule has 1 aromatic carbocycles. The summed E-state index contributed by atoms with van der Waals surface area (Å²) in [6.07, 6.45) is 0. The van der Waals surface area contributed by atoms with Gasteiger partial charge in [0.05, 0.1) is 5.56 Å². The van der Waals surface area contributed by atoms with Crippen LogP contribution in [0.4, 0.5) is 0 Å². The predicted molar refractivity (Wildman–Crippen MR) is 104 cm³/mol. The number of carbonyl (C=O) groups is 1. The summed E-state index contributed by atoms with van der Waals surface area (Å²) in [4.78, 5) is 11.3.